The summed E-state index contributed by atoms with van der Waals surface area (Å²) in [6.45, 7) is 5.70. The minimum Gasteiger partial charge on any atom is -0.352 e. The van der Waals surface area contributed by atoms with Gasteiger partial charge in [-0.25, -0.2) is 8.42 Å². The molecule has 0 spiro atoms. The highest BCUT2D eigenvalue weighted by atomic mass is 32.2. The molecule has 0 saturated heterocycles. The van der Waals surface area contributed by atoms with Crippen molar-refractivity contribution < 1.29 is 13.2 Å². The largest absolute Gasteiger partial charge is 0.352 e. The number of amides is 1. The molecule has 0 aromatic heterocycles. The summed E-state index contributed by atoms with van der Waals surface area (Å²) in [6.07, 6.45) is 0. The standard InChI is InChI=1S/C18H24N2O3S/c1-13(2)14(3)19-18(21)12-20(4)24(22,23)17-10-9-15-7-5-6-8-16(15)11-17/h5-11,13-14H,12H2,1-4H3,(H,19,21)/t14-/m0/s1. The molecule has 1 N–H and O–H groups in total. The molecular weight excluding hydrogens is 324 g/mol. The van der Waals surface area contributed by atoms with E-state index in [2.05, 4.69) is 5.32 Å². The Labute approximate surface area is 143 Å². The lowest BCUT2D eigenvalue weighted by Gasteiger charge is -2.21. The predicted molar refractivity (Wildman–Crippen MR) is 96.2 cm³/mol. The average molecular weight is 348 g/mol. The highest BCUT2D eigenvalue weighted by Gasteiger charge is 2.24. The molecule has 0 aliphatic rings. The molecule has 0 heterocycles. The van der Waals surface area contributed by atoms with E-state index in [1.807, 2.05) is 45.0 Å². The summed E-state index contributed by atoms with van der Waals surface area (Å²) in [7, 11) is -2.29. The number of benzene rings is 2. The Hall–Kier alpha value is -1.92. The first-order valence-corrected chi connectivity index (χ1v) is 9.40. The molecule has 0 unspecified atom stereocenters. The Morgan fingerprint density at radius 1 is 1.08 bits per heavy atom. The number of hydrogen-bond donors (Lipinski definition) is 1. The molecule has 0 fully saturated rings. The van der Waals surface area contributed by atoms with E-state index in [1.165, 1.54) is 7.05 Å². The first-order chi connectivity index (χ1) is 11.2. The van der Waals surface area contributed by atoms with Gasteiger partial charge in [0.15, 0.2) is 0 Å². The molecule has 24 heavy (non-hydrogen) atoms. The molecule has 0 bridgehead atoms. The maximum atomic E-state index is 12.7. The average Bonchev–Trinajstić information content (AvgIpc) is 2.53. The van der Waals surface area contributed by atoms with Crippen LogP contribution in [0, 0.1) is 5.92 Å². The van der Waals surface area contributed by atoms with Gasteiger partial charge in [-0.05, 0) is 35.7 Å². The molecule has 1 atom stereocenters. The zero-order valence-corrected chi connectivity index (χ0v) is 15.3. The molecule has 2 rings (SSSR count). The summed E-state index contributed by atoms with van der Waals surface area (Å²) in [5.41, 5.74) is 0. The van der Waals surface area contributed by atoms with E-state index in [0.29, 0.717) is 0 Å². The Bertz CT molecular complexity index is 831. The van der Waals surface area contributed by atoms with Crippen molar-refractivity contribution in [2.24, 2.45) is 5.92 Å². The van der Waals surface area contributed by atoms with Crippen molar-refractivity contribution in [1.82, 2.24) is 9.62 Å². The second kappa shape index (κ2) is 7.32. The van der Waals surface area contributed by atoms with E-state index < -0.39 is 10.0 Å². The van der Waals surface area contributed by atoms with Gasteiger partial charge in [-0.15, -0.1) is 0 Å². The van der Waals surface area contributed by atoms with Crippen LogP contribution in [0.15, 0.2) is 47.4 Å². The van der Waals surface area contributed by atoms with Crippen molar-refractivity contribution in [3.05, 3.63) is 42.5 Å². The van der Waals surface area contributed by atoms with E-state index in [1.54, 1.807) is 18.2 Å². The van der Waals surface area contributed by atoms with Gasteiger partial charge >= 0.3 is 0 Å². The fourth-order valence-electron chi connectivity index (χ4n) is 2.26. The molecule has 0 saturated carbocycles. The van der Waals surface area contributed by atoms with E-state index in [9.17, 15) is 13.2 Å². The topological polar surface area (TPSA) is 66.5 Å². The van der Waals surface area contributed by atoms with Crippen LogP contribution in [0.25, 0.3) is 10.8 Å². The number of nitrogens with zero attached hydrogens (tertiary/aromatic N) is 1. The first-order valence-electron chi connectivity index (χ1n) is 7.96. The van der Waals surface area contributed by atoms with Crippen LogP contribution in [0.2, 0.25) is 0 Å². The van der Waals surface area contributed by atoms with E-state index >= 15 is 0 Å². The zero-order chi connectivity index (χ0) is 17.9. The molecule has 1 amide bonds. The van der Waals surface area contributed by atoms with E-state index in [-0.39, 0.29) is 29.3 Å². The molecular formula is C18H24N2O3S. The van der Waals surface area contributed by atoms with Gasteiger partial charge in [0.05, 0.1) is 11.4 Å². The zero-order valence-electron chi connectivity index (χ0n) is 14.5. The summed E-state index contributed by atoms with van der Waals surface area (Å²) >= 11 is 0. The fraction of sp³-hybridized carbons (Fsp3) is 0.389. The predicted octanol–water partition coefficient (Wildman–Crippen LogP) is 2.62. The van der Waals surface area contributed by atoms with E-state index in [0.717, 1.165) is 15.1 Å². The van der Waals surface area contributed by atoms with Crippen LogP contribution >= 0.6 is 0 Å². The second-order valence-corrected chi connectivity index (χ2v) is 8.42. The summed E-state index contributed by atoms with van der Waals surface area (Å²) < 4.78 is 26.4. The number of hydrogen-bond acceptors (Lipinski definition) is 3. The number of rotatable bonds is 6. The van der Waals surface area contributed by atoms with Gasteiger partial charge in [0.1, 0.15) is 0 Å². The summed E-state index contributed by atoms with van der Waals surface area (Å²) in [6, 6.07) is 12.5. The minimum atomic E-state index is -3.71. The summed E-state index contributed by atoms with van der Waals surface area (Å²) in [5, 5.41) is 4.64. The lowest BCUT2D eigenvalue weighted by molar-refractivity contribution is -0.122. The quantitative estimate of drug-likeness (QED) is 0.873. The van der Waals surface area contributed by atoms with Crippen LogP contribution in [0.1, 0.15) is 20.8 Å². The summed E-state index contributed by atoms with van der Waals surface area (Å²) in [5.74, 6) is -0.0144. The van der Waals surface area contributed by atoms with Gasteiger partial charge in [-0.1, -0.05) is 44.2 Å². The van der Waals surface area contributed by atoms with Crippen LogP contribution in [0.4, 0.5) is 0 Å². The molecule has 0 aliphatic heterocycles. The Kier molecular flexibility index (Phi) is 5.62. The SMILES string of the molecule is CC(C)[C@H](C)NC(=O)CN(C)S(=O)(=O)c1ccc2ccccc2c1. The van der Waals surface area contributed by atoms with Gasteiger partial charge in [-0.2, -0.15) is 4.31 Å². The van der Waals surface area contributed by atoms with Crippen molar-refractivity contribution in [3.63, 3.8) is 0 Å². The van der Waals surface area contributed by atoms with Crippen molar-refractivity contribution >= 4 is 26.7 Å². The van der Waals surface area contributed by atoms with Gasteiger partial charge in [0.2, 0.25) is 15.9 Å². The number of carbonyl (C=O) groups is 1. The molecule has 0 radical (unpaired) electrons. The molecule has 6 heteroatoms. The Balaban J connectivity index is 2.17. The maximum Gasteiger partial charge on any atom is 0.243 e. The van der Waals surface area contributed by atoms with Crippen LogP contribution in [0.3, 0.4) is 0 Å². The van der Waals surface area contributed by atoms with Crippen molar-refractivity contribution in [1.29, 1.82) is 0 Å². The molecule has 2 aromatic carbocycles. The van der Waals surface area contributed by atoms with Gasteiger partial charge in [-0.3, -0.25) is 4.79 Å². The summed E-state index contributed by atoms with van der Waals surface area (Å²) in [4.78, 5) is 12.2. The maximum absolute atomic E-state index is 12.7. The van der Waals surface area contributed by atoms with Crippen LogP contribution in [-0.4, -0.2) is 38.3 Å². The van der Waals surface area contributed by atoms with Crippen LogP contribution in [0.5, 0.6) is 0 Å². The normalized spacial score (nSPS) is 13.4. The monoisotopic (exact) mass is 348 g/mol. The minimum absolute atomic E-state index is 0.00530. The number of carbonyl (C=O) groups excluding carboxylic acids is 1. The van der Waals surface area contributed by atoms with Crippen molar-refractivity contribution in [2.45, 2.75) is 31.7 Å². The molecule has 2 aromatic rings. The third kappa shape index (κ3) is 4.13. The highest BCUT2D eigenvalue weighted by molar-refractivity contribution is 7.89. The first kappa shape index (κ1) is 18.4. The Morgan fingerprint density at radius 2 is 1.71 bits per heavy atom. The van der Waals surface area contributed by atoms with Gasteiger partial charge < -0.3 is 5.32 Å². The molecule has 5 nitrogen and oxygen atoms in total. The number of fused-ring (bicyclic) bond motifs is 1. The van der Waals surface area contributed by atoms with Crippen molar-refractivity contribution in [2.75, 3.05) is 13.6 Å². The van der Waals surface area contributed by atoms with Gasteiger partial charge in [0.25, 0.3) is 0 Å². The smallest absolute Gasteiger partial charge is 0.243 e. The second-order valence-electron chi connectivity index (χ2n) is 6.37. The van der Waals surface area contributed by atoms with Gasteiger partial charge in [0, 0.05) is 13.1 Å². The fourth-order valence-corrected chi connectivity index (χ4v) is 3.42. The van der Waals surface area contributed by atoms with E-state index in [4.69, 9.17) is 0 Å². The third-order valence-electron chi connectivity index (χ3n) is 4.18. The Morgan fingerprint density at radius 3 is 2.33 bits per heavy atom. The van der Waals surface area contributed by atoms with Crippen molar-refractivity contribution in [3.8, 4) is 0 Å². The molecule has 0 aliphatic carbocycles. The highest BCUT2D eigenvalue weighted by Crippen LogP contribution is 2.21. The molecule has 130 valence electrons. The number of likely N-dealkylation sites (N-methyl/N-ethyl adjacent to an activating group) is 1. The van der Waals surface area contributed by atoms with Crippen LogP contribution < -0.4 is 5.32 Å². The van der Waals surface area contributed by atoms with Crippen LogP contribution in [-0.2, 0) is 14.8 Å². The number of nitrogens with one attached hydrogen (secondary N) is 1. The lowest BCUT2D eigenvalue weighted by Crippen LogP contribution is -2.43. The lowest BCUT2D eigenvalue weighted by atomic mass is 10.1. The third-order valence-corrected chi connectivity index (χ3v) is 5.98. The number of sulfonamides is 1.